The van der Waals surface area contributed by atoms with Crippen molar-refractivity contribution in [2.24, 2.45) is 0 Å². The molecule has 0 aliphatic heterocycles. The maximum atomic E-state index is 11.5. The third-order valence-electron chi connectivity index (χ3n) is 2.66. The van der Waals surface area contributed by atoms with Crippen LogP contribution in [-0.2, 0) is 9.53 Å². The fourth-order valence-electron chi connectivity index (χ4n) is 1.46. The van der Waals surface area contributed by atoms with E-state index in [9.17, 15) is 9.59 Å². The largest absolute Gasteiger partial charge is 0.480 e. The van der Waals surface area contributed by atoms with Gasteiger partial charge in [0.1, 0.15) is 6.04 Å². The van der Waals surface area contributed by atoms with Gasteiger partial charge in [-0.05, 0) is 20.5 Å². The quantitative estimate of drug-likeness (QED) is 0.482. The fourth-order valence-corrected chi connectivity index (χ4v) is 1.46. The lowest BCUT2D eigenvalue weighted by molar-refractivity contribution is -0.139. The smallest absolute Gasteiger partial charge is 0.326 e. The van der Waals surface area contributed by atoms with Crippen molar-refractivity contribution in [3.63, 3.8) is 0 Å². The number of carboxylic acid groups (broad SMARTS) is 1. The van der Waals surface area contributed by atoms with Crippen LogP contribution in [0.3, 0.4) is 0 Å². The third kappa shape index (κ3) is 10.6. The molecular weight excluding hydrogens is 262 g/mol. The molecule has 0 saturated carbocycles. The Bertz CT molecular complexity index is 285. The molecule has 0 saturated heterocycles. The number of rotatable bonds is 11. The summed E-state index contributed by atoms with van der Waals surface area (Å²) in [4.78, 5) is 24.5. The van der Waals surface area contributed by atoms with E-state index >= 15 is 0 Å². The molecular formula is C13H27N3O4. The highest BCUT2D eigenvalue weighted by Crippen LogP contribution is 2.00. The van der Waals surface area contributed by atoms with E-state index in [4.69, 9.17) is 9.84 Å². The zero-order valence-corrected chi connectivity index (χ0v) is 12.6. The molecule has 0 aliphatic carbocycles. The Labute approximate surface area is 120 Å². The van der Waals surface area contributed by atoms with Crippen LogP contribution in [0.2, 0.25) is 0 Å². The first-order chi connectivity index (χ1) is 9.47. The summed E-state index contributed by atoms with van der Waals surface area (Å²) in [5.74, 6) is -1.00. The zero-order chi connectivity index (χ0) is 15.4. The number of carbonyl (C=O) groups excluding carboxylic acids is 1. The van der Waals surface area contributed by atoms with Crippen LogP contribution in [0.1, 0.15) is 26.2 Å². The average Bonchev–Trinajstić information content (AvgIpc) is 2.37. The van der Waals surface area contributed by atoms with Gasteiger partial charge in [0.05, 0.1) is 13.2 Å². The van der Waals surface area contributed by atoms with E-state index in [0.29, 0.717) is 26.2 Å². The lowest BCUT2D eigenvalue weighted by atomic mass is 10.1. The van der Waals surface area contributed by atoms with Crippen LogP contribution < -0.4 is 10.6 Å². The summed E-state index contributed by atoms with van der Waals surface area (Å²) in [5.41, 5.74) is 0. The molecule has 1 atom stereocenters. The van der Waals surface area contributed by atoms with Gasteiger partial charge in [0.2, 0.25) is 0 Å². The minimum atomic E-state index is -1.00. The van der Waals surface area contributed by atoms with Gasteiger partial charge >= 0.3 is 12.0 Å². The van der Waals surface area contributed by atoms with Gasteiger partial charge in [0.15, 0.2) is 0 Å². The Morgan fingerprint density at radius 2 is 2.00 bits per heavy atom. The number of likely N-dealkylation sites (N-methyl/N-ethyl adjacent to an activating group) is 1. The van der Waals surface area contributed by atoms with Gasteiger partial charge in [-0.2, -0.15) is 0 Å². The molecule has 2 amide bonds. The van der Waals surface area contributed by atoms with Gasteiger partial charge in [-0.15, -0.1) is 0 Å². The SMILES string of the molecule is CCCC[C@H](NC(=O)NCCOCCN(C)C)C(=O)O. The van der Waals surface area contributed by atoms with E-state index < -0.39 is 18.0 Å². The van der Waals surface area contributed by atoms with E-state index in [1.54, 1.807) is 0 Å². The average molecular weight is 289 g/mol. The Hall–Kier alpha value is -1.34. The number of nitrogens with one attached hydrogen (secondary N) is 2. The second kappa shape index (κ2) is 11.5. The summed E-state index contributed by atoms with van der Waals surface area (Å²) in [6, 6.07) is -1.30. The Morgan fingerprint density at radius 1 is 1.30 bits per heavy atom. The van der Waals surface area contributed by atoms with Crippen molar-refractivity contribution in [1.29, 1.82) is 0 Å². The highest BCUT2D eigenvalue weighted by molar-refractivity contribution is 5.82. The predicted molar refractivity (Wildman–Crippen MR) is 76.9 cm³/mol. The van der Waals surface area contributed by atoms with Gasteiger partial charge in [0, 0.05) is 13.1 Å². The van der Waals surface area contributed by atoms with Crippen LogP contribution in [-0.4, -0.2) is 68.4 Å². The van der Waals surface area contributed by atoms with Gasteiger partial charge in [-0.25, -0.2) is 9.59 Å². The number of nitrogens with zero attached hydrogens (tertiary/aromatic N) is 1. The van der Waals surface area contributed by atoms with Crippen LogP contribution in [0.5, 0.6) is 0 Å². The van der Waals surface area contributed by atoms with Crippen molar-refractivity contribution in [3.05, 3.63) is 0 Å². The van der Waals surface area contributed by atoms with Gasteiger partial charge in [0.25, 0.3) is 0 Å². The number of hydrogen-bond acceptors (Lipinski definition) is 4. The van der Waals surface area contributed by atoms with Crippen LogP contribution in [0, 0.1) is 0 Å². The van der Waals surface area contributed by atoms with Crippen molar-refractivity contribution in [2.45, 2.75) is 32.2 Å². The first-order valence-corrected chi connectivity index (χ1v) is 6.97. The molecule has 7 nitrogen and oxygen atoms in total. The summed E-state index contributed by atoms with van der Waals surface area (Å²) >= 11 is 0. The molecule has 0 fully saturated rings. The molecule has 3 N–H and O–H groups in total. The third-order valence-corrected chi connectivity index (χ3v) is 2.66. The first-order valence-electron chi connectivity index (χ1n) is 6.97. The van der Waals surface area contributed by atoms with Crippen molar-refractivity contribution in [1.82, 2.24) is 15.5 Å². The highest BCUT2D eigenvalue weighted by atomic mass is 16.5. The lowest BCUT2D eigenvalue weighted by Crippen LogP contribution is -2.46. The van der Waals surface area contributed by atoms with Crippen LogP contribution in [0.15, 0.2) is 0 Å². The molecule has 0 spiro atoms. The van der Waals surface area contributed by atoms with E-state index in [1.807, 2.05) is 25.9 Å². The molecule has 0 rings (SSSR count). The molecule has 0 aromatic carbocycles. The van der Waals surface area contributed by atoms with Gasteiger partial charge in [-0.3, -0.25) is 0 Å². The number of carboxylic acids is 1. The monoisotopic (exact) mass is 289 g/mol. The van der Waals surface area contributed by atoms with Crippen LogP contribution in [0.4, 0.5) is 4.79 Å². The summed E-state index contributed by atoms with van der Waals surface area (Å²) in [6.07, 6.45) is 2.11. The topological polar surface area (TPSA) is 90.9 Å². The number of urea groups is 1. The molecule has 7 heteroatoms. The summed E-state index contributed by atoms with van der Waals surface area (Å²) in [5, 5.41) is 14.0. The van der Waals surface area contributed by atoms with Crippen molar-refractivity contribution in [3.8, 4) is 0 Å². The summed E-state index contributed by atoms with van der Waals surface area (Å²) in [7, 11) is 3.91. The molecule has 0 unspecified atom stereocenters. The predicted octanol–water partition coefficient (Wildman–Crippen LogP) is 0.507. The van der Waals surface area contributed by atoms with E-state index in [-0.39, 0.29) is 0 Å². The Kier molecular flexibility index (Phi) is 10.7. The molecule has 0 aromatic heterocycles. The zero-order valence-electron chi connectivity index (χ0n) is 12.6. The molecule has 20 heavy (non-hydrogen) atoms. The lowest BCUT2D eigenvalue weighted by Gasteiger charge is -2.15. The van der Waals surface area contributed by atoms with E-state index in [1.165, 1.54) is 0 Å². The van der Waals surface area contributed by atoms with Crippen LogP contribution >= 0.6 is 0 Å². The molecule has 0 bridgehead atoms. The maximum absolute atomic E-state index is 11.5. The van der Waals surface area contributed by atoms with E-state index in [0.717, 1.165) is 19.4 Å². The fraction of sp³-hybridized carbons (Fsp3) is 0.846. The van der Waals surface area contributed by atoms with Gasteiger partial charge < -0.3 is 25.4 Å². The van der Waals surface area contributed by atoms with Crippen molar-refractivity contribution >= 4 is 12.0 Å². The molecule has 0 radical (unpaired) electrons. The van der Waals surface area contributed by atoms with E-state index in [2.05, 4.69) is 10.6 Å². The summed E-state index contributed by atoms with van der Waals surface area (Å²) < 4.78 is 5.31. The number of hydrogen-bond donors (Lipinski definition) is 3. The second-order valence-electron chi connectivity index (χ2n) is 4.85. The summed E-state index contributed by atoms with van der Waals surface area (Å²) in [6.45, 7) is 4.17. The second-order valence-corrected chi connectivity index (χ2v) is 4.85. The van der Waals surface area contributed by atoms with Crippen molar-refractivity contribution < 1.29 is 19.4 Å². The minimum Gasteiger partial charge on any atom is -0.480 e. The number of ether oxygens (including phenoxy) is 1. The Morgan fingerprint density at radius 3 is 2.55 bits per heavy atom. The Balaban J connectivity index is 3.71. The number of carbonyl (C=O) groups is 2. The highest BCUT2D eigenvalue weighted by Gasteiger charge is 2.18. The normalized spacial score (nSPS) is 12.2. The molecule has 0 heterocycles. The minimum absolute atomic E-state index is 0.360. The van der Waals surface area contributed by atoms with Gasteiger partial charge in [-0.1, -0.05) is 19.8 Å². The number of amides is 2. The standard InChI is InChI=1S/C13H27N3O4/c1-4-5-6-11(12(17)18)15-13(19)14-7-9-20-10-8-16(2)3/h11H,4-10H2,1-3H3,(H,17,18)(H2,14,15,19)/t11-/m0/s1. The molecule has 0 aromatic rings. The number of aliphatic carboxylic acids is 1. The molecule has 0 aliphatic rings. The molecule has 118 valence electrons. The first kappa shape index (κ1) is 18.7. The van der Waals surface area contributed by atoms with Crippen molar-refractivity contribution in [2.75, 3.05) is 40.4 Å². The number of unbranched alkanes of at least 4 members (excludes halogenated alkanes) is 1. The van der Waals surface area contributed by atoms with Crippen LogP contribution in [0.25, 0.3) is 0 Å². The maximum Gasteiger partial charge on any atom is 0.326 e.